The van der Waals surface area contributed by atoms with Crippen LogP contribution in [0.4, 0.5) is 8.78 Å². The van der Waals surface area contributed by atoms with Crippen molar-refractivity contribution in [3.63, 3.8) is 0 Å². The molecule has 8 heteroatoms. The first-order valence-corrected chi connectivity index (χ1v) is 8.39. The summed E-state index contributed by atoms with van der Waals surface area (Å²) in [7, 11) is 0. The van der Waals surface area contributed by atoms with Gasteiger partial charge in [-0.15, -0.1) is 0 Å². The Morgan fingerprint density at radius 1 is 1.43 bits per heavy atom. The number of halogens is 2. The van der Waals surface area contributed by atoms with E-state index in [4.69, 9.17) is 0 Å². The van der Waals surface area contributed by atoms with Crippen molar-refractivity contribution in [2.24, 2.45) is 4.99 Å². The highest BCUT2D eigenvalue weighted by Gasteiger charge is 2.10. The summed E-state index contributed by atoms with van der Waals surface area (Å²) in [5.74, 6) is 2.02. The summed E-state index contributed by atoms with van der Waals surface area (Å²) in [4.78, 5) is 8.20. The number of rotatable bonds is 9. The Balaban J connectivity index is 2.48. The van der Waals surface area contributed by atoms with Crippen LogP contribution in [0.15, 0.2) is 17.4 Å². The van der Waals surface area contributed by atoms with E-state index in [2.05, 4.69) is 26.9 Å². The van der Waals surface area contributed by atoms with E-state index in [1.807, 2.05) is 18.7 Å². The minimum atomic E-state index is -2.58. The maximum atomic E-state index is 12.7. The van der Waals surface area contributed by atoms with E-state index in [-0.39, 0.29) is 12.4 Å². The van der Waals surface area contributed by atoms with Crippen LogP contribution in [-0.4, -0.2) is 40.6 Å². The molecule has 0 atom stereocenters. The lowest BCUT2D eigenvalue weighted by Gasteiger charge is -2.11. The van der Waals surface area contributed by atoms with Crippen LogP contribution in [0.3, 0.4) is 0 Å². The largest absolute Gasteiger partial charge is 0.357 e. The molecule has 0 spiro atoms. The van der Waals surface area contributed by atoms with Gasteiger partial charge in [0, 0.05) is 25.5 Å². The van der Waals surface area contributed by atoms with Crippen LogP contribution in [0.1, 0.15) is 32.1 Å². The van der Waals surface area contributed by atoms with Crippen molar-refractivity contribution >= 4 is 17.7 Å². The molecule has 0 saturated heterocycles. The van der Waals surface area contributed by atoms with Gasteiger partial charge in [0.05, 0.1) is 0 Å². The molecule has 0 unspecified atom stereocenters. The fourth-order valence-corrected chi connectivity index (χ4v) is 2.21. The summed E-state index contributed by atoms with van der Waals surface area (Å²) in [5, 5.41) is 6.29. The topological polar surface area (TPSA) is 54.2 Å². The van der Waals surface area contributed by atoms with Gasteiger partial charge in [-0.25, -0.2) is 9.98 Å². The first-order valence-electron chi connectivity index (χ1n) is 7.00. The van der Waals surface area contributed by atoms with E-state index >= 15 is 0 Å². The molecule has 1 rings (SSSR count). The molecule has 2 N–H and O–H groups in total. The highest BCUT2D eigenvalue weighted by molar-refractivity contribution is 7.98. The quantitative estimate of drug-likeness (QED) is 0.417. The molecule has 0 aliphatic carbocycles. The Morgan fingerprint density at radius 2 is 2.24 bits per heavy atom. The van der Waals surface area contributed by atoms with Crippen LogP contribution in [0, 0.1) is 0 Å². The summed E-state index contributed by atoms with van der Waals surface area (Å²) in [5.41, 5.74) is 0. The van der Waals surface area contributed by atoms with Crippen molar-refractivity contribution in [2.75, 3.05) is 25.1 Å². The van der Waals surface area contributed by atoms with Crippen LogP contribution in [0.2, 0.25) is 0 Å². The number of aliphatic imine (C=N–C) groups is 1. The molecule has 5 nitrogen and oxygen atoms in total. The van der Waals surface area contributed by atoms with E-state index < -0.39 is 6.55 Å². The number of nitrogens with zero attached hydrogens (tertiary/aromatic N) is 3. The minimum Gasteiger partial charge on any atom is -0.357 e. The molecule has 21 heavy (non-hydrogen) atoms. The molecule has 1 aromatic rings. The third-order valence-electron chi connectivity index (χ3n) is 2.75. The summed E-state index contributed by atoms with van der Waals surface area (Å²) in [6, 6.07) is 0. The smallest absolute Gasteiger partial charge is 0.319 e. The molecule has 0 saturated carbocycles. The maximum Gasteiger partial charge on any atom is 0.319 e. The summed E-state index contributed by atoms with van der Waals surface area (Å²) < 4.78 is 26.2. The molecule has 1 heterocycles. The number of alkyl halides is 2. The fourth-order valence-electron chi connectivity index (χ4n) is 1.71. The average molecular weight is 319 g/mol. The number of thioether (sulfide) groups is 1. The molecular formula is C13H23F2N5S. The molecule has 0 aliphatic heterocycles. The van der Waals surface area contributed by atoms with E-state index in [0.29, 0.717) is 5.96 Å². The van der Waals surface area contributed by atoms with E-state index in [1.54, 1.807) is 0 Å². The van der Waals surface area contributed by atoms with E-state index in [1.165, 1.54) is 12.4 Å². The standard InChI is InChI=1S/C13H23F2N5S/c1-3-16-13(18-6-4-5-9-21-2)19-10-11-17-7-8-20(11)12(14)15/h7-8,12H,3-6,9-10H2,1-2H3,(H2,16,18,19). The zero-order valence-electron chi connectivity index (χ0n) is 12.5. The average Bonchev–Trinajstić information content (AvgIpc) is 2.93. The van der Waals surface area contributed by atoms with Gasteiger partial charge in [-0.2, -0.15) is 20.5 Å². The highest BCUT2D eigenvalue weighted by Crippen LogP contribution is 2.12. The van der Waals surface area contributed by atoms with Gasteiger partial charge >= 0.3 is 6.55 Å². The molecule has 0 radical (unpaired) electrons. The fraction of sp³-hybridized carbons (Fsp3) is 0.692. The van der Waals surface area contributed by atoms with Gasteiger partial charge in [-0.1, -0.05) is 0 Å². The van der Waals surface area contributed by atoms with Crippen molar-refractivity contribution in [2.45, 2.75) is 32.9 Å². The van der Waals surface area contributed by atoms with Crippen LogP contribution >= 0.6 is 11.8 Å². The minimum absolute atomic E-state index is 0.123. The molecule has 0 aromatic carbocycles. The number of hydrogen-bond acceptors (Lipinski definition) is 3. The van der Waals surface area contributed by atoms with Crippen LogP contribution in [0.5, 0.6) is 0 Å². The van der Waals surface area contributed by atoms with E-state index in [0.717, 1.165) is 36.3 Å². The number of unbranched alkanes of at least 4 members (excludes halogenated alkanes) is 1. The molecular weight excluding hydrogens is 296 g/mol. The lowest BCUT2D eigenvalue weighted by molar-refractivity contribution is 0.0671. The Kier molecular flexibility index (Phi) is 8.80. The van der Waals surface area contributed by atoms with E-state index in [9.17, 15) is 8.78 Å². The van der Waals surface area contributed by atoms with Crippen LogP contribution in [-0.2, 0) is 6.54 Å². The summed E-state index contributed by atoms with van der Waals surface area (Å²) in [6.07, 6.45) is 6.91. The van der Waals surface area contributed by atoms with Crippen molar-refractivity contribution in [3.05, 3.63) is 18.2 Å². The summed E-state index contributed by atoms with van der Waals surface area (Å²) >= 11 is 1.83. The first-order chi connectivity index (χ1) is 10.2. The zero-order chi connectivity index (χ0) is 15.5. The van der Waals surface area contributed by atoms with Crippen molar-refractivity contribution in [3.8, 4) is 0 Å². The van der Waals surface area contributed by atoms with Crippen LogP contribution < -0.4 is 10.6 Å². The molecule has 0 bridgehead atoms. The lowest BCUT2D eigenvalue weighted by Crippen LogP contribution is -2.37. The number of nitrogens with one attached hydrogen (secondary N) is 2. The number of guanidine groups is 1. The Morgan fingerprint density at radius 3 is 2.90 bits per heavy atom. The predicted molar refractivity (Wildman–Crippen MR) is 83.9 cm³/mol. The van der Waals surface area contributed by atoms with Gasteiger partial charge in [-0.3, -0.25) is 4.57 Å². The Labute approximate surface area is 128 Å². The Hall–Kier alpha value is -1.31. The number of hydrogen-bond donors (Lipinski definition) is 2. The van der Waals surface area contributed by atoms with Crippen LogP contribution in [0.25, 0.3) is 0 Å². The number of imidazole rings is 1. The molecule has 120 valence electrons. The monoisotopic (exact) mass is 319 g/mol. The number of aromatic nitrogens is 2. The second kappa shape index (κ2) is 10.4. The van der Waals surface area contributed by atoms with Gasteiger partial charge in [0.1, 0.15) is 12.4 Å². The van der Waals surface area contributed by atoms with Gasteiger partial charge in [0.25, 0.3) is 0 Å². The molecule has 1 aromatic heterocycles. The summed E-state index contributed by atoms with van der Waals surface area (Å²) in [6.45, 7) is 1.04. The normalized spacial score (nSPS) is 12.0. The second-order valence-corrected chi connectivity index (χ2v) is 5.34. The SMILES string of the molecule is CCNC(=NCc1nccn1C(F)F)NCCCCSC. The zero-order valence-corrected chi connectivity index (χ0v) is 13.3. The first kappa shape index (κ1) is 17.7. The maximum absolute atomic E-state index is 12.7. The van der Waals surface area contributed by atoms with Crippen molar-refractivity contribution < 1.29 is 8.78 Å². The van der Waals surface area contributed by atoms with Gasteiger partial charge < -0.3 is 10.6 Å². The van der Waals surface area contributed by atoms with Crippen molar-refractivity contribution in [1.29, 1.82) is 0 Å². The second-order valence-electron chi connectivity index (χ2n) is 4.35. The third-order valence-corrected chi connectivity index (χ3v) is 3.45. The molecule has 0 amide bonds. The third kappa shape index (κ3) is 6.79. The predicted octanol–water partition coefficient (Wildman–Crippen LogP) is 2.48. The molecule has 0 aliphatic rings. The lowest BCUT2D eigenvalue weighted by atomic mass is 10.3. The van der Waals surface area contributed by atoms with Gasteiger partial charge in [-0.05, 0) is 31.8 Å². The Bertz CT molecular complexity index is 422. The highest BCUT2D eigenvalue weighted by atomic mass is 32.2. The molecule has 0 fully saturated rings. The van der Waals surface area contributed by atoms with Gasteiger partial charge in [0.2, 0.25) is 0 Å². The van der Waals surface area contributed by atoms with Crippen molar-refractivity contribution in [1.82, 2.24) is 20.2 Å². The van der Waals surface area contributed by atoms with Gasteiger partial charge in [0.15, 0.2) is 5.96 Å².